The molecular formula is C24H27N5O2S. The van der Waals surface area contributed by atoms with Crippen LogP contribution in [0.3, 0.4) is 0 Å². The molecule has 7 nitrogen and oxygen atoms in total. The molecule has 2 N–H and O–H groups in total. The molecule has 3 aromatic rings. The molecule has 1 aromatic heterocycles. The van der Waals surface area contributed by atoms with E-state index in [4.69, 9.17) is 0 Å². The average molecular weight is 450 g/mol. The second-order valence-corrected chi connectivity index (χ2v) is 8.23. The Hall–Kier alpha value is -3.39. The highest BCUT2D eigenvalue weighted by molar-refractivity contribution is 7.99. The fraction of sp³-hybridized carbons (Fsp3) is 0.250. The van der Waals surface area contributed by atoms with Gasteiger partial charge in [-0.3, -0.25) is 9.59 Å². The van der Waals surface area contributed by atoms with Crippen LogP contribution in [-0.4, -0.2) is 32.3 Å². The highest BCUT2D eigenvalue weighted by Crippen LogP contribution is 2.21. The molecule has 0 saturated heterocycles. The van der Waals surface area contributed by atoms with Gasteiger partial charge >= 0.3 is 0 Å². The summed E-state index contributed by atoms with van der Waals surface area (Å²) in [5.74, 6) is 0.535. The van der Waals surface area contributed by atoms with Crippen molar-refractivity contribution in [3.8, 4) is 0 Å². The molecule has 166 valence electrons. The fourth-order valence-corrected chi connectivity index (χ4v) is 3.97. The van der Waals surface area contributed by atoms with Gasteiger partial charge in [-0.15, -0.1) is 16.8 Å². The molecule has 2 aromatic carbocycles. The summed E-state index contributed by atoms with van der Waals surface area (Å²) in [6, 6.07) is 18.4. The predicted molar refractivity (Wildman–Crippen MR) is 126 cm³/mol. The maximum absolute atomic E-state index is 12.5. The van der Waals surface area contributed by atoms with Crippen LogP contribution in [0, 0.1) is 0 Å². The summed E-state index contributed by atoms with van der Waals surface area (Å²) in [6.07, 6.45) is 1.74. The van der Waals surface area contributed by atoms with Gasteiger partial charge in [0.05, 0.1) is 17.8 Å². The quantitative estimate of drug-likeness (QED) is 0.362. The van der Waals surface area contributed by atoms with Gasteiger partial charge in [0.1, 0.15) is 0 Å². The zero-order valence-corrected chi connectivity index (χ0v) is 19.0. The van der Waals surface area contributed by atoms with E-state index in [2.05, 4.69) is 27.4 Å². The number of benzene rings is 2. The number of thioether (sulfide) groups is 1. The van der Waals surface area contributed by atoms with E-state index in [1.54, 1.807) is 18.2 Å². The third-order valence-corrected chi connectivity index (χ3v) is 5.80. The first kappa shape index (κ1) is 23.3. The Labute approximate surface area is 192 Å². The van der Waals surface area contributed by atoms with E-state index in [0.29, 0.717) is 23.1 Å². The van der Waals surface area contributed by atoms with E-state index < -0.39 is 0 Å². The van der Waals surface area contributed by atoms with E-state index >= 15 is 0 Å². The van der Waals surface area contributed by atoms with Crippen LogP contribution < -0.4 is 10.6 Å². The van der Waals surface area contributed by atoms with Gasteiger partial charge in [-0.1, -0.05) is 66.4 Å². The molecule has 2 amide bonds. The lowest BCUT2D eigenvalue weighted by Gasteiger charge is -2.16. The summed E-state index contributed by atoms with van der Waals surface area (Å²) in [5, 5.41) is 15.1. The van der Waals surface area contributed by atoms with Crippen LogP contribution >= 0.6 is 11.8 Å². The standard InChI is InChI=1S/C24H27N5O2S/c1-4-15-29-22(18(3)26-23(31)20-13-9-6-10-14-20)27-28-24(29)32-16-21(30)25-17(2)19-11-7-5-8-12-19/h4-14,17-18H,1,15-16H2,2-3H3,(H,25,30)(H,26,31)/t17-,18-/m0/s1. The maximum Gasteiger partial charge on any atom is 0.251 e. The van der Waals surface area contributed by atoms with Crippen molar-refractivity contribution in [1.29, 1.82) is 0 Å². The highest BCUT2D eigenvalue weighted by atomic mass is 32.2. The minimum absolute atomic E-state index is 0.0841. The number of carbonyl (C=O) groups excluding carboxylic acids is 2. The first-order valence-corrected chi connectivity index (χ1v) is 11.3. The molecule has 3 rings (SSSR count). The Morgan fingerprint density at radius 3 is 2.31 bits per heavy atom. The molecule has 0 aliphatic heterocycles. The van der Waals surface area contributed by atoms with Gasteiger partial charge in [0.15, 0.2) is 11.0 Å². The maximum atomic E-state index is 12.5. The van der Waals surface area contributed by atoms with Crippen LogP contribution in [0.2, 0.25) is 0 Å². The first-order valence-electron chi connectivity index (χ1n) is 10.4. The van der Waals surface area contributed by atoms with Crippen molar-refractivity contribution in [1.82, 2.24) is 25.4 Å². The molecule has 8 heteroatoms. The van der Waals surface area contributed by atoms with Crippen molar-refractivity contribution in [2.45, 2.75) is 37.6 Å². The van der Waals surface area contributed by atoms with Gasteiger partial charge in [0, 0.05) is 12.1 Å². The lowest BCUT2D eigenvalue weighted by atomic mass is 10.1. The molecule has 0 fully saturated rings. The van der Waals surface area contributed by atoms with Gasteiger partial charge in [-0.05, 0) is 31.5 Å². The topological polar surface area (TPSA) is 88.9 Å². The van der Waals surface area contributed by atoms with E-state index in [1.165, 1.54) is 11.8 Å². The summed E-state index contributed by atoms with van der Waals surface area (Å²) >= 11 is 1.30. The molecule has 2 atom stereocenters. The third-order valence-electron chi connectivity index (χ3n) is 4.84. The zero-order valence-electron chi connectivity index (χ0n) is 18.2. The number of hydrogen-bond donors (Lipinski definition) is 2. The minimum Gasteiger partial charge on any atom is -0.349 e. The lowest BCUT2D eigenvalue weighted by Crippen LogP contribution is -2.29. The molecule has 0 radical (unpaired) electrons. The van der Waals surface area contributed by atoms with Gasteiger partial charge < -0.3 is 15.2 Å². The van der Waals surface area contributed by atoms with Crippen molar-refractivity contribution in [2.24, 2.45) is 0 Å². The SMILES string of the molecule is C=CCn1c(SCC(=O)N[C@@H](C)c2ccccc2)nnc1[C@H](C)NC(=O)c1ccccc1. The Bertz CT molecular complexity index is 1050. The summed E-state index contributed by atoms with van der Waals surface area (Å²) < 4.78 is 1.86. The summed E-state index contributed by atoms with van der Waals surface area (Å²) in [5.41, 5.74) is 1.62. The van der Waals surface area contributed by atoms with Crippen molar-refractivity contribution >= 4 is 23.6 Å². The molecule has 0 spiro atoms. The number of amides is 2. The number of nitrogens with zero attached hydrogens (tertiary/aromatic N) is 3. The first-order chi connectivity index (χ1) is 15.5. The second-order valence-electron chi connectivity index (χ2n) is 7.29. The highest BCUT2D eigenvalue weighted by Gasteiger charge is 2.20. The molecule has 0 aliphatic rings. The number of rotatable bonds is 10. The molecule has 0 aliphatic carbocycles. The average Bonchev–Trinajstić information content (AvgIpc) is 3.21. The van der Waals surface area contributed by atoms with Crippen LogP contribution in [0.5, 0.6) is 0 Å². The summed E-state index contributed by atoms with van der Waals surface area (Å²) in [7, 11) is 0. The van der Waals surface area contributed by atoms with E-state index in [1.807, 2.05) is 66.9 Å². The number of hydrogen-bond acceptors (Lipinski definition) is 5. The van der Waals surface area contributed by atoms with Crippen molar-refractivity contribution < 1.29 is 9.59 Å². The van der Waals surface area contributed by atoms with Gasteiger partial charge in [-0.2, -0.15) is 0 Å². The molecule has 32 heavy (non-hydrogen) atoms. The Morgan fingerprint density at radius 2 is 1.66 bits per heavy atom. The van der Waals surface area contributed by atoms with Gasteiger partial charge in [0.2, 0.25) is 5.91 Å². The molecule has 1 heterocycles. The van der Waals surface area contributed by atoms with Gasteiger partial charge in [-0.25, -0.2) is 0 Å². The largest absolute Gasteiger partial charge is 0.349 e. The number of allylic oxidation sites excluding steroid dienone is 1. The Balaban J connectivity index is 1.63. The van der Waals surface area contributed by atoms with Crippen molar-refractivity contribution in [3.63, 3.8) is 0 Å². The Kier molecular flexibility index (Phi) is 8.21. The Morgan fingerprint density at radius 1 is 1.00 bits per heavy atom. The minimum atomic E-state index is -0.364. The van der Waals surface area contributed by atoms with E-state index in [0.717, 1.165) is 5.56 Å². The lowest BCUT2D eigenvalue weighted by molar-refractivity contribution is -0.119. The predicted octanol–water partition coefficient (Wildman–Crippen LogP) is 3.92. The molecular weight excluding hydrogens is 422 g/mol. The number of carbonyl (C=O) groups is 2. The van der Waals surface area contributed by atoms with Crippen LogP contribution in [-0.2, 0) is 11.3 Å². The molecule has 0 unspecified atom stereocenters. The fourth-order valence-electron chi connectivity index (χ4n) is 3.20. The third kappa shape index (κ3) is 6.07. The van der Waals surface area contributed by atoms with Crippen molar-refractivity contribution in [3.05, 3.63) is 90.3 Å². The normalized spacial score (nSPS) is 12.6. The number of nitrogens with one attached hydrogen (secondary N) is 2. The van der Waals surface area contributed by atoms with E-state index in [-0.39, 0.29) is 29.7 Å². The van der Waals surface area contributed by atoms with Crippen LogP contribution in [0.25, 0.3) is 0 Å². The smallest absolute Gasteiger partial charge is 0.251 e. The summed E-state index contributed by atoms with van der Waals surface area (Å²) in [4.78, 5) is 24.9. The number of aromatic nitrogens is 3. The van der Waals surface area contributed by atoms with Crippen molar-refractivity contribution in [2.75, 3.05) is 5.75 Å². The summed E-state index contributed by atoms with van der Waals surface area (Å²) in [6.45, 7) is 8.08. The van der Waals surface area contributed by atoms with Crippen LogP contribution in [0.15, 0.2) is 78.5 Å². The monoisotopic (exact) mass is 449 g/mol. The van der Waals surface area contributed by atoms with Crippen LogP contribution in [0.4, 0.5) is 0 Å². The molecule has 0 bridgehead atoms. The van der Waals surface area contributed by atoms with Crippen LogP contribution in [0.1, 0.15) is 47.7 Å². The molecule has 0 saturated carbocycles. The van der Waals surface area contributed by atoms with E-state index in [9.17, 15) is 9.59 Å². The second kappa shape index (κ2) is 11.3. The van der Waals surface area contributed by atoms with Gasteiger partial charge in [0.25, 0.3) is 5.91 Å². The zero-order chi connectivity index (χ0) is 22.9.